The molecule has 2 fully saturated rings. The van der Waals surface area contributed by atoms with E-state index in [1.54, 1.807) is 34.9 Å². The van der Waals surface area contributed by atoms with Crippen molar-refractivity contribution in [1.82, 2.24) is 10.2 Å². The number of anilines is 2. The van der Waals surface area contributed by atoms with Gasteiger partial charge in [-0.05, 0) is 56.0 Å². The van der Waals surface area contributed by atoms with Gasteiger partial charge in [-0.1, -0.05) is 49.4 Å². The molecule has 9 nitrogen and oxygen atoms in total. The van der Waals surface area contributed by atoms with Gasteiger partial charge in [-0.25, -0.2) is 0 Å². The summed E-state index contributed by atoms with van der Waals surface area (Å²) in [6.45, 7) is 4.29. The first-order valence-corrected chi connectivity index (χ1v) is 14.6. The number of carbonyl (C=O) groups is 3. The van der Waals surface area contributed by atoms with E-state index >= 15 is 0 Å². The fourth-order valence-electron chi connectivity index (χ4n) is 6.24. The van der Waals surface area contributed by atoms with E-state index in [1.807, 2.05) is 42.5 Å². The average Bonchev–Trinajstić information content (AvgIpc) is 3.57. The van der Waals surface area contributed by atoms with Crippen molar-refractivity contribution in [3.63, 3.8) is 0 Å². The first-order chi connectivity index (χ1) is 19.8. The number of carbonyl (C=O) groups excluding carboxylic acids is 3. The van der Waals surface area contributed by atoms with Crippen LogP contribution in [-0.4, -0.2) is 65.1 Å². The minimum atomic E-state index is -1.76. The summed E-state index contributed by atoms with van der Waals surface area (Å²) in [5.41, 5.74) is 1.01. The Bertz CT molecular complexity index is 1290. The van der Waals surface area contributed by atoms with Gasteiger partial charge < -0.3 is 30.6 Å². The molecule has 1 unspecified atom stereocenters. The molecular formula is C32H40N4O5. The van der Waals surface area contributed by atoms with Gasteiger partial charge in [0.2, 0.25) is 11.8 Å². The Labute approximate surface area is 241 Å². The van der Waals surface area contributed by atoms with Crippen LogP contribution in [0.4, 0.5) is 11.4 Å². The van der Waals surface area contributed by atoms with E-state index in [1.165, 1.54) is 0 Å². The van der Waals surface area contributed by atoms with Gasteiger partial charge in [0.25, 0.3) is 5.91 Å². The smallest absolute Gasteiger partial charge is 0.264 e. The normalized spacial score (nSPS) is 25.0. The second-order valence-corrected chi connectivity index (χ2v) is 11.4. The highest BCUT2D eigenvalue weighted by Gasteiger charge is 2.52. The zero-order chi connectivity index (χ0) is 29.0. The Morgan fingerprint density at radius 3 is 2.66 bits per heavy atom. The van der Waals surface area contributed by atoms with Gasteiger partial charge >= 0.3 is 0 Å². The van der Waals surface area contributed by atoms with Crippen molar-refractivity contribution in [3.8, 4) is 0 Å². The number of piperidine rings is 1. The molecule has 0 aromatic heterocycles. The highest BCUT2D eigenvalue weighted by atomic mass is 16.3. The third kappa shape index (κ3) is 5.93. The number of para-hydroxylation sites is 1. The fraction of sp³-hybridized carbons (Fsp3) is 0.469. The molecule has 4 N–H and O–H groups in total. The number of nitrogens with one attached hydrogen (secondary N) is 2. The minimum Gasteiger partial charge on any atom is -0.394 e. The third-order valence-electron chi connectivity index (χ3n) is 8.69. The number of hydrogen-bond acceptors (Lipinski definition) is 6. The van der Waals surface area contributed by atoms with Crippen LogP contribution in [0.15, 0.2) is 60.7 Å². The van der Waals surface area contributed by atoms with E-state index < -0.39 is 17.4 Å². The van der Waals surface area contributed by atoms with Gasteiger partial charge in [0.1, 0.15) is 0 Å². The molecule has 2 aromatic rings. The Balaban J connectivity index is 1.26. The Kier molecular flexibility index (Phi) is 8.87. The van der Waals surface area contributed by atoms with Gasteiger partial charge in [-0.3, -0.25) is 14.4 Å². The van der Waals surface area contributed by atoms with Crippen LogP contribution in [0.3, 0.4) is 0 Å². The lowest BCUT2D eigenvalue weighted by atomic mass is 9.83. The van der Waals surface area contributed by atoms with Crippen LogP contribution in [0.25, 0.3) is 0 Å². The molecule has 3 aliphatic rings. The average molecular weight is 561 g/mol. The molecule has 5 rings (SSSR count). The third-order valence-corrected chi connectivity index (χ3v) is 8.69. The largest absolute Gasteiger partial charge is 0.394 e. The van der Waals surface area contributed by atoms with Crippen molar-refractivity contribution in [3.05, 3.63) is 71.8 Å². The van der Waals surface area contributed by atoms with Crippen LogP contribution in [0, 0.1) is 11.8 Å². The number of aliphatic hydroxyl groups excluding tert-OH is 1. The zero-order valence-corrected chi connectivity index (χ0v) is 23.6. The molecule has 3 heterocycles. The Hall–Kier alpha value is -3.53. The molecule has 4 atom stereocenters. The molecule has 3 amide bonds. The first kappa shape index (κ1) is 29.0. The predicted octanol–water partition coefficient (Wildman–Crippen LogP) is 2.92. The van der Waals surface area contributed by atoms with Gasteiger partial charge in [-0.2, -0.15) is 0 Å². The number of fused-ring (bicyclic) bond motifs is 1. The van der Waals surface area contributed by atoms with E-state index in [-0.39, 0.29) is 43.3 Å². The summed E-state index contributed by atoms with van der Waals surface area (Å²) < 4.78 is 0. The van der Waals surface area contributed by atoms with Crippen molar-refractivity contribution in [1.29, 1.82) is 0 Å². The predicted molar refractivity (Wildman–Crippen MR) is 157 cm³/mol. The molecule has 0 radical (unpaired) electrons. The van der Waals surface area contributed by atoms with E-state index in [2.05, 4.69) is 10.6 Å². The molecule has 2 saturated heterocycles. The lowest BCUT2D eigenvalue weighted by Gasteiger charge is -2.28. The maximum absolute atomic E-state index is 13.8. The monoisotopic (exact) mass is 560 g/mol. The maximum atomic E-state index is 13.8. The second-order valence-electron chi connectivity index (χ2n) is 11.4. The Morgan fingerprint density at radius 1 is 1.15 bits per heavy atom. The first-order valence-electron chi connectivity index (χ1n) is 14.6. The Morgan fingerprint density at radius 2 is 1.93 bits per heavy atom. The number of aliphatic hydroxyl groups is 2. The number of rotatable bonds is 9. The van der Waals surface area contributed by atoms with E-state index in [0.717, 1.165) is 37.8 Å². The number of amides is 3. The summed E-state index contributed by atoms with van der Waals surface area (Å²) in [4.78, 5) is 42.4. The van der Waals surface area contributed by atoms with Crippen molar-refractivity contribution >= 4 is 29.1 Å². The van der Waals surface area contributed by atoms with Crippen LogP contribution in [0.2, 0.25) is 0 Å². The molecule has 9 heteroatoms. The van der Waals surface area contributed by atoms with E-state index in [9.17, 15) is 24.6 Å². The molecule has 0 aliphatic carbocycles. The highest BCUT2D eigenvalue weighted by Crippen LogP contribution is 2.45. The molecule has 0 spiro atoms. The van der Waals surface area contributed by atoms with Crippen LogP contribution in [-0.2, 0) is 26.5 Å². The van der Waals surface area contributed by atoms with E-state index in [4.69, 9.17) is 0 Å². The number of nitrogens with zero attached hydrogens (tertiary/aromatic N) is 2. The molecular weight excluding hydrogens is 520 g/mol. The van der Waals surface area contributed by atoms with Gasteiger partial charge in [0, 0.05) is 36.7 Å². The number of benzene rings is 2. The quantitative estimate of drug-likeness (QED) is 0.350. The van der Waals surface area contributed by atoms with Crippen LogP contribution in [0.5, 0.6) is 0 Å². The summed E-state index contributed by atoms with van der Waals surface area (Å²) >= 11 is 0. The summed E-state index contributed by atoms with van der Waals surface area (Å²) in [6, 6.07) is 14.6. The molecule has 41 heavy (non-hydrogen) atoms. The van der Waals surface area contributed by atoms with Gasteiger partial charge in [-0.15, -0.1) is 0 Å². The molecule has 0 bridgehead atoms. The summed E-state index contributed by atoms with van der Waals surface area (Å²) in [7, 11) is 0. The summed E-state index contributed by atoms with van der Waals surface area (Å²) in [6.07, 6.45) is 7.16. The zero-order valence-electron chi connectivity index (χ0n) is 23.6. The lowest BCUT2D eigenvalue weighted by molar-refractivity contribution is -0.139. The number of likely N-dealkylation sites (tertiary alicyclic amines) is 1. The standard InChI is InChI=1S/C32H40N4O5/c1-22(7-4-12-29(38)35-18-6-9-26(35)21-37)32(41)27-10-2-3-11-28(27)36(31(32)40)20-23-13-15-25(16-14-23)34-30(39)24-8-5-17-33-19-24/h2-4,7,10-11,13-16,22,24,26,33,37,41H,5-6,8-9,12,17-21H2,1H3,(H,34,39)/b7-4+/t22-,24?,26-,32+/m0/s1. The van der Waals surface area contributed by atoms with Crippen molar-refractivity contribution in [2.45, 2.75) is 57.2 Å². The molecule has 2 aromatic carbocycles. The topological polar surface area (TPSA) is 122 Å². The fourth-order valence-corrected chi connectivity index (χ4v) is 6.24. The summed E-state index contributed by atoms with van der Waals surface area (Å²) in [5, 5.41) is 27.6. The minimum absolute atomic E-state index is 0.0102. The second kappa shape index (κ2) is 12.5. The van der Waals surface area contributed by atoms with Crippen LogP contribution in [0.1, 0.15) is 50.2 Å². The molecule has 218 valence electrons. The van der Waals surface area contributed by atoms with Crippen LogP contribution >= 0.6 is 0 Å². The van der Waals surface area contributed by atoms with Crippen LogP contribution < -0.4 is 15.5 Å². The lowest BCUT2D eigenvalue weighted by Crippen LogP contribution is -2.44. The number of hydrogen-bond donors (Lipinski definition) is 4. The van der Waals surface area contributed by atoms with Crippen molar-refractivity contribution in [2.24, 2.45) is 11.8 Å². The van der Waals surface area contributed by atoms with Crippen molar-refractivity contribution < 1.29 is 24.6 Å². The van der Waals surface area contributed by atoms with Gasteiger partial charge in [0.05, 0.1) is 30.8 Å². The van der Waals surface area contributed by atoms with Crippen molar-refractivity contribution in [2.75, 3.05) is 36.5 Å². The molecule has 0 saturated carbocycles. The summed E-state index contributed by atoms with van der Waals surface area (Å²) in [5.74, 6) is -1.08. The van der Waals surface area contributed by atoms with Gasteiger partial charge in [0.15, 0.2) is 5.60 Å². The maximum Gasteiger partial charge on any atom is 0.264 e. The van der Waals surface area contributed by atoms with E-state index in [0.29, 0.717) is 30.0 Å². The SMILES string of the molecule is C[C@@H](/C=C/CC(=O)N1CCC[C@H]1CO)[C@]1(O)C(=O)N(Cc2ccc(NC(=O)C3CCCNC3)cc2)c2ccccc21. The highest BCUT2D eigenvalue weighted by molar-refractivity contribution is 6.07. The molecule has 3 aliphatic heterocycles.